The van der Waals surface area contributed by atoms with E-state index in [2.05, 4.69) is 19.2 Å². The molecule has 1 aliphatic heterocycles. The van der Waals surface area contributed by atoms with Crippen LogP contribution in [0.4, 0.5) is 4.39 Å². The molecule has 0 aromatic heterocycles. The minimum Gasteiger partial charge on any atom is -0.378 e. The molecule has 21 heavy (non-hydrogen) atoms. The molecular formula is C18H28FNO. The second kappa shape index (κ2) is 8.50. The van der Waals surface area contributed by atoms with Gasteiger partial charge < -0.3 is 10.1 Å². The normalized spacial score (nSPS) is 20.1. The van der Waals surface area contributed by atoms with Gasteiger partial charge >= 0.3 is 0 Å². The lowest BCUT2D eigenvalue weighted by molar-refractivity contribution is 0.101. The van der Waals surface area contributed by atoms with Gasteiger partial charge in [-0.2, -0.15) is 0 Å². The second-order valence-corrected chi connectivity index (χ2v) is 6.35. The van der Waals surface area contributed by atoms with Crippen molar-refractivity contribution < 1.29 is 9.13 Å². The summed E-state index contributed by atoms with van der Waals surface area (Å²) in [7, 11) is 0. The first-order chi connectivity index (χ1) is 10.2. The lowest BCUT2D eigenvalue weighted by Gasteiger charge is -2.21. The van der Waals surface area contributed by atoms with Gasteiger partial charge in [-0.05, 0) is 43.2 Å². The van der Waals surface area contributed by atoms with E-state index in [1.54, 1.807) is 12.1 Å². The molecule has 1 aliphatic rings. The fourth-order valence-corrected chi connectivity index (χ4v) is 3.02. The van der Waals surface area contributed by atoms with Crippen molar-refractivity contribution in [2.45, 2.75) is 64.0 Å². The highest BCUT2D eigenvalue weighted by molar-refractivity contribution is 5.22. The van der Waals surface area contributed by atoms with E-state index in [0.717, 1.165) is 38.0 Å². The zero-order valence-electron chi connectivity index (χ0n) is 13.3. The van der Waals surface area contributed by atoms with Crippen LogP contribution in [0.1, 0.15) is 57.4 Å². The zero-order chi connectivity index (χ0) is 15.1. The van der Waals surface area contributed by atoms with E-state index in [9.17, 15) is 4.39 Å². The van der Waals surface area contributed by atoms with Crippen LogP contribution in [0.2, 0.25) is 0 Å². The fourth-order valence-electron chi connectivity index (χ4n) is 3.02. The molecule has 1 N–H and O–H groups in total. The maximum atomic E-state index is 14.0. The summed E-state index contributed by atoms with van der Waals surface area (Å²) in [5.74, 6) is 0.167. The van der Waals surface area contributed by atoms with Crippen LogP contribution in [0.3, 0.4) is 0 Å². The summed E-state index contributed by atoms with van der Waals surface area (Å²) < 4.78 is 19.7. The van der Waals surface area contributed by atoms with Crippen molar-refractivity contribution in [2.75, 3.05) is 13.2 Å². The second-order valence-electron chi connectivity index (χ2n) is 6.35. The first-order valence-electron chi connectivity index (χ1n) is 8.26. The highest BCUT2D eigenvalue weighted by atomic mass is 19.1. The maximum Gasteiger partial charge on any atom is 0.126 e. The smallest absolute Gasteiger partial charge is 0.126 e. The van der Waals surface area contributed by atoms with Gasteiger partial charge in [-0.15, -0.1) is 0 Å². The number of benzene rings is 1. The van der Waals surface area contributed by atoms with Crippen LogP contribution in [-0.4, -0.2) is 25.3 Å². The molecule has 0 bridgehead atoms. The third kappa shape index (κ3) is 5.40. The van der Waals surface area contributed by atoms with Gasteiger partial charge in [0, 0.05) is 19.2 Å². The van der Waals surface area contributed by atoms with Crippen LogP contribution in [0, 0.1) is 5.82 Å². The van der Waals surface area contributed by atoms with Crippen LogP contribution in [0.15, 0.2) is 24.3 Å². The molecule has 0 radical (unpaired) electrons. The van der Waals surface area contributed by atoms with Crippen molar-refractivity contribution in [2.24, 2.45) is 0 Å². The molecule has 2 rings (SSSR count). The van der Waals surface area contributed by atoms with E-state index in [4.69, 9.17) is 4.74 Å². The molecule has 1 aromatic rings. The van der Waals surface area contributed by atoms with E-state index in [1.807, 2.05) is 12.1 Å². The van der Waals surface area contributed by atoms with E-state index in [1.165, 1.54) is 12.8 Å². The Balaban J connectivity index is 1.90. The fraction of sp³-hybridized carbons (Fsp3) is 0.667. The quantitative estimate of drug-likeness (QED) is 0.773. The summed E-state index contributed by atoms with van der Waals surface area (Å²) in [6.45, 7) is 6.01. The van der Waals surface area contributed by atoms with Crippen molar-refractivity contribution in [1.29, 1.82) is 0 Å². The Kier molecular flexibility index (Phi) is 6.65. The summed E-state index contributed by atoms with van der Waals surface area (Å²) in [5.41, 5.74) is 0.845. The van der Waals surface area contributed by atoms with Gasteiger partial charge in [0.05, 0.1) is 6.10 Å². The van der Waals surface area contributed by atoms with Gasteiger partial charge in [-0.25, -0.2) is 4.39 Å². The molecule has 0 saturated carbocycles. The lowest BCUT2D eigenvalue weighted by Crippen LogP contribution is -2.28. The van der Waals surface area contributed by atoms with E-state index in [-0.39, 0.29) is 11.7 Å². The topological polar surface area (TPSA) is 21.3 Å². The largest absolute Gasteiger partial charge is 0.378 e. The zero-order valence-corrected chi connectivity index (χ0v) is 13.3. The van der Waals surface area contributed by atoms with Crippen LogP contribution >= 0.6 is 0 Å². The number of hydrogen-bond donors (Lipinski definition) is 1. The molecule has 1 saturated heterocycles. The van der Waals surface area contributed by atoms with Crippen molar-refractivity contribution in [1.82, 2.24) is 5.32 Å². The van der Waals surface area contributed by atoms with Gasteiger partial charge in [-0.3, -0.25) is 0 Å². The van der Waals surface area contributed by atoms with Gasteiger partial charge in [0.1, 0.15) is 5.82 Å². The van der Waals surface area contributed by atoms with Crippen molar-refractivity contribution in [3.8, 4) is 0 Å². The van der Waals surface area contributed by atoms with E-state index >= 15 is 0 Å². The number of halogens is 1. The Hall–Kier alpha value is -0.930. The molecule has 0 aliphatic carbocycles. The van der Waals surface area contributed by atoms with Gasteiger partial charge in [0.25, 0.3) is 0 Å². The molecular weight excluding hydrogens is 265 g/mol. The van der Waals surface area contributed by atoms with Gasteiger partial charge in [0.15, 0.2) is 0 Å². The number of rotatable bonds is 8. The molecule has 1 heterocycles. The average Bonchev–Trinajstić information content (AvgIpc) is 2.96. The summed E-state index contributed by atoms with van der Waals surface area (Å²) >= 11 is 0. The van der Waals surface area contributed by atoms with Crippen LogP contribution < -0.4 is 5.32 Å². The van der Waals surface area contributed by atoms with Crippen LogP contribution in [-0.2, 0) is 4.74 Å². The minimum atomic E-state index is -0.0785. The predicted octanol–water partition coefficient (Wildman–Crippen LogP) is 4.26. The Labute approximate surface area is 128 Å². The first kappa shape index (κ1) is 16.4. The highest BCUT2D eigenvalue weighted by Crippen LogP contribution is 2.26. The van der Waals surface area contributed by atoms with Crippen LogP contribution in [0.25, 0.3) is 0 Å². The van der Waals surface area contributed by atoms with Crippen molar-refractivity contribution in [3.05, 3.63) is 35.6 Å². The standard InChI is InChI=1S/C18H28FNO/c1-14(2)20-13-15(17-10-3-4-11-18(17)19)7-5-8-16-9-6-12-21-16/h3-4,10-11,14-16,20H,5-9,12-13H2,1-2H3. The average molecular weight is 293 g/mol. The number of hydrogen-bond acceptors (Lipinski definition) is 2. The Bertz CT molecular complexity index is 415. The third-order valence-electron chi connectivity index (χ3n) is 4.22. The molecule has 0 spiro atoms. The van der Waals surface area contributed by atoms with E-state index < -0.39 is 0 Å². The molecule has 2 unspecified atom stereocenters. The SMILES string of the molecule is CC(C)NCC(CCCC1CCCO1)c1ccccc1F. The molecule has 1 fully saturated rings. The first-order valence-corrected chi connectivity index (χ1v) is 8.26. The lowest BCUT2D eigenvalue weighted by atomic mass is 9.92. The highest BCUT2D eigenvalue weighted by Gasteiger charge is 2.19. The summed E-state index contributed by atoms with van der Waals surface area (Å²) in [6.07, 6.45) is 6.03. The monoisotopic (exact) mass is 293 g/mol. The van der Waals surface area contributed by atoms with Crippen molar-refractivity contribution in [3.63, 3.8) is 0 Å². The van der Waals surface area contributed by atoms with Crippen molar-refractivity contribution >= 4 is 0 Å². The summed E-state index contributed by atoms with van der Waals surface area (Å²) in [4.78, 5) is 0. The number of nitrogens with one attached hydrogen (secondary N) is 1. The molecule has 2 nitrogen and oxygen atoms in total. The van der Waals surface area contributed by atoms with Gasteiger partial charge in [-0.1, -0.05) is 38.5 Å². The Morgan fingerprint density at radius 3 is 2.81 bits per heavy atom. The van der Waals surface area contributed by atoms with Gasteiger partial charge in [0.2, 0.25) is 0 Å². The predicted molar refractivity (Wildman–Crippen MR) is 85.1 cm³/mol. The number of ether oxygens (including phenoxy) is 1. The molecule has 0 amide bonds. The molecule has 2 atom stereocenters. The molecule has 118 valence electrons. The Morgan fingerprint density at radius 2 is 2.14 bits per heavy atom. The summed E-state index contributed by atoms with van der Waals surface area (Å²) in [5, 5.41) is 3.45. The molecule has 1 aromatic carbocycles. The van der Waals surface area contributed by atoms with Crippen LogP contribution in [0.5, 0.6) is 0 Å². The molecule has 3 heteroatoms. The van der Waals surface area contributed by atoms with E-state index in [0.29, 0.717) is 12.1 Å². The third-order valence-corrected chi connectivity index (χ3v) is 4.22. The Morgan fingerprint density at radius 1 is 1.33 bits per heavy atom. The minimum absolute atomic E-state index is 0.0785. The maximum absolute atomic E-state index is 14.0. The summed E-state index contributed by atoms with van der Waals surface area (Å²) in [6, 6.07) is 7.61.